The van der Waals surface area contributed by atoms with Gasteiger partial charge in [0.1, 0.15) is 33.5 Å². The summed E-state index contributed by atoms with van der Waals surface area (Å²) < 4.78 is 71.2. The highest BCUT2D eigenvalue weighted by Gasteiger charge is 2.33. The molecule has 0 unspecified atom stereocenters. The molecule has 0 bridgehead atoms. The zero-order chi connectivity index (χ0) is 34.1. The third-order valence-electron chi connectivity index (χ3n) is 7.82. The smallest absolute Gasteiger partial charge is 0.339 e. The van der Waals surface area contributed by atoms with Gasteiger partial charge < -0.3 is 23.7 Å². The molecule has 10 nitrogen and oxygen atoms in total. The molecule has 0 aliphatic carbocycles. The Morgan fingerprint density at radius 3 is 1.90 bits per heavy atom. The second kappa shape index (κ2) is 13.1. The number of amides is 1. The van der Waals surface area contributed by atoms with Gasteiger partial charge in [0.25, 0.3) is 5.91 Å². The lowest BCUT2D eigenvalue weighted by Gasteiger charge is -2.22. The second-order valence-corrected chi connectivity index (χ2v) is 14.5. The van der Waals surface area contributed by atoms with Crippen LogP contribution in [0.25, 0.3) is 0 Å². The van der Waals surface area contributed by atoms with Gasteiger partial charge in [-0.05, 0) is 60.9 Å². The van der Waals surface area contributed by atoms with Crippen LogP contribution in [0.1, 0.15) is 38.2 Å². The van der Waals surface area contributed by atoms with Crippen molar-refractivity contribution in [1.82, 2.24) is 4.90 Å². The summed E-state index contributed by atoms with van der Waals surface area (Å²) in [5, 5.41) is 0. The molecule has 246 valence electrons. The zero-order valence-electron chi connectivity index (χ0n) is 26.1. The van der Waals surface area contributed by atoms with Crippen molar-refractivity contribution in [3.63, 3.8) is 0 Å². The van der Waals surface area contributed by atoms with Gasteiger partial charge in [-0.15, -0.1) is 0 Å². The van der Waals surface area contributed by atoms with Gasteiger partial charge in [0.05, 0.1) is 0 Å². The van der Waals surface area contributed by atoms with Crippen LogP contribution in [0.3, 0.4) is 0 Å². The number of aryl methyl sites for hydroxylation is 2. The molecule has 5 aromatic rings. The average Bonchev–Trinajstić information content (AvgIpc) is 3.50. The van der Waals surface area contributed by atoms with E-state index in [4.69, 9.17) is 18.8 Å². The van der Waals surface area contributed by atoms with Gasteiger partial charge in [0.15, 0.2) is 5.75 Å². The Morgan fingerprint density at radius 1 is 0.708 bits per heavy atom. The van der Waals surface area contributed by atoms with E-state index in [1.807, 2.05) is 43.3 Å². The molecule has 6 rings (SSSR count). The van der Waals surface area contributed by atoms with Crippen molar-refractivity contribution in [1.29, 1.82) is 0 Å². The van der Waals surface area contributed by atoms with Crippen LogP contribution in [-0.2, 0) is 39.9 Å². The van der Waals surface area contributed by atoms with Crippen molar-refractivity contribution in [2.24, 2.45) is 0 Å². The zero-order valence-corrected chi connectivity index (χ0v) is 27.8. The van der Waals surface area contributed by atoms with Gasteiger partial charge in [0.2, 0.25) is 0 Å². The van der Waals surface area contributed by atoms with E-state index < -0.39 is 31.9 Å². The fourth-order valence-corrected chi connectivity index (χ4v) is 7.09. The van der Waals surface area contributed by atoms with Crippen LogP contribution in [0.4, 0.5) is 5.69 Å². The van der Waals surface area contributed by atoms with Crippen molar-refractivity contribution in [2.75, 3.05) is 5.73 Å². The van der Waals surface area contributed by atoms with Crippen LogP contribution in [-0.4, -0.2) is 27.6 Å². The lowest BCUT2D eigenvalue weighted by atomic mass is 10.1. The van der Waals surface area contributed by atoms with Crippen LogP contribution in [0.2, 0.25) is 0 Å². The molecule has 5 aromatic carbocycles. The summed E-state index contributed by atoms with van der Waals surface area (Å²) in [5.74, 6) is -1.54. The molecule has 0 atom stereocenters. The maximum absolute atomic E-state index is 14.4. The molecule has 1 amide bonds. The van der Waals surface area contributed by atoms with Crippen LogP contribution < -0.4 is 18.8 Å². The largest absolute Gasteiger partial charge is 0.488 e. The van der Waals surface area contributed by atoms with E-state index in [0.29, 0.717) is 5.69 Å². The predicted molar refractivity (Wildman–Crippen MR) is 180 cm³/mol. The minimum atomic E-state index is -4.52. The number of ether oxygens (including phenoxy) is 1. The first kappa shape index (κ1) is 32.6. The van der Waals surface area contributed by atoms with Gasteiger partial charge in [-0.2, -0.15) is 16.8 Å². The molecule has 1 aliphatic heterocycles. The summed E-state index contributed by atoms with van der Waals surface area (Å²) in [5.41, 5.74) is 10.5. The molecule has 0 radical (unpaired) electrons. The molecule has 0 saturated carbocycles. The number of nitrogen functional groups attached to an aromatic ring is 1. The molecule has 0 saturated heterocycles. The van der Waals surface area contributed by atoms with Gasteiger partial charge in [-0.3, -0.25) is 4.79 Å². The molecule has 0 aromatic heterocycles. The van der Waals surface area contributed by atoms with E-state index in [2.05, 4.69) is 0 Å². The molecule has 1 aliphatic rings. The Morgan fingerprint density at radius 2 is 1.29 bits per heavy atom. The minimum Gasteiger partial charge on any atom is -0.488 e. The molecular formula is C36H32N2O8S2. The highest BCUT2D eigenvalue weighted by Crippen LogP contribution is 2.40. The van der Waals surface area contributed by atoms with Crippen molar-refractivity contribution < 1.29 is 34.7 Å². The van der Waals surface area contributed by atoms with Gasteiger partial charge in [-0.25, -0.2) is 0 Å². The van der Waals surface area contributed by atoms with Crippen LogP contribution in [0.15, 0.2) is 119 Å². The SMILES string of the molecule is Cc1ccc(S(=O)(=O)Oc2cc(OCc3ccccc3)c(C(=O)N3Cc4cccc(N)c4C3)c(OS(=O)(=O)c3ccc(C)cc3)c2)cc1. The number of carbonyl (C=O) groups excluding carboxylic acids is 1. The Labute approximate surface area is 279 Å². The lowest BCUT2D eigenvalue weighted by molar-refractivity contribution is 0.0744. The van der Waals surface area contributed by atoms with E-state index in [1.165, 1.54) is 35.2 Å². The summed E-state index contributed by atoms with van der Waals surface area (Å²) in [6.45, 7) is 3.94. The number of hydrogen-bond acceptors (Lipinski definition) is 9. The van der Waals surface area contributed by atoms with Crippen LogP contribution in [0, 0.1) is 13.8 Å². The Kier molecular flexibility index (Phi) is 8.87. The summed E-state index contributed by atoms with van der Waals surface area (Å²) in [6, 6.07) is 28.8. The van der Waals surface area contributed by atoms with Gasteiger partial charge in [0, 0.05) is 30.9 Å². The fourth-order valence-electron chi connectivity index (χ4n) is 5.24. The van der Waals surface area contributed by atoms with E-state index in [0.717, 1.165) is 33.9 Å². The number of benzene rings is 5. The maximum Gasteiger partial charge on any atom is 0.339 e. The summed E-state index contributed by atoms with van der Waals surface area (Å²) in [4.78, 5) is 15.6. The van der Waals surface area contributed by atoms with Crippen LogP contribution >= 0.6 is 0 Å². The first-order chi connectivity index (χ1) is 22.9. The Hall–Kier alpha value is -5.33. The third kappa shape index (κ3) is 6.99. The standard InChI is InChI=1S/C36H32N2O8S2/c1-24-11-15-29(16-12-24)47(40,41)45-28-19-33(44-23-26-7-4-3-5-8-26)35(36(39)38-21-27-9-6-10-32(37)31(27)22-38)34(20-28)46-48(42,43)30-17-13-25(2)14-18-30/h3-20H,21-23,37H2,1-2H3. The number of anilines is 1. The number of nitrogens with two attached hydrogens (primary N) is 1. The Balaban J connectivity index is 1.47. The lowest BCUT2D eigenvalue weighted by Crippen LogP contribution is -2.27. The molecule has 0 fully saturated rings. The van der Waals surface area contributed by atoms with Crippen molar-refractivity contribution in [3.05, 3.63) is 143 Å². The normalized spacial score (nSPS) is 12.8. The number of carbonyl (C=O) groups is 1. The van der Waals surface area contributed by atoms with Crippen molar-refractivity contribution in [3.8, 4) is 17.2 Å². The van der Waals surface area contributed by atoms with Crippen molar-refractivity contribution in [2.45, 2.75) is 43.3 Å². The van der Waals surface area contributed by atoms with Gasteiger partial charge >= 0.3 is 20.2 Å². The Bertz CT molecular complexity index is 2200. The molecule has 2 N–H and O–H groups in total. The van der Waals surface area contributed by atoms with Crippen LogP contribution in [0.5, 0.6) is 17.2 Å². The summed E-state index contributed by atoms with van der Waals surface area (Å²) >= 11 is 0. The van der Waals surface area contributed by atoms with Gasteiger partial charge in [-0.1, -0.05) is 77.9 Å². The van der Waals surface area contributed by atoms with E-state index in [9.17, 15) is 21.6 Å². The minimum absolute atomic E-state index is 0.0351. The third-order valence-corrected chi connectivity index (χ3v) is 10.3. The first-order valence-corrected chi connectivity index (χ1v) is 17.7. The second-order valence-electron chi connectivity index (χ2n) is 11.4. The average molecular weight is 685 g/mol. The molecular weight excluding hydrogens is 653 g/mol. The first-order valence-electron chi connectivity index (χ1n) is 14.9. The quantitative estimate of drug-likeness (QED) is 0.135. The summed E-state index contributed by atoms with van der Waals surface area (Å²) in [7, 11) is -8.91. The number of fused-ring (bicyclic) bond motifs is 1. The van der Waals surface area contributed by atoms with E-state index >= 15 is 0 Å². The van der Waals surface area contributed by atoms with E-state index in [1.54, 1.807) is 43.3 Å². The molecule has 0 spiro atoms. The van der Waals surface area contributed by atoms with E-state index in [-0.39, 0.29) is 46.5 Å². The molecule has 12 heteroatoms. The summed E-state index contributed by atoms with van der Waals surface area (Å²) in [6.07, 6.45) is 0. The number of rotatable bonds is 10. The topological polar surface area (TPSA) is 142 Å². The molecule has 1 heterocycles. The highest BCUT2D eigenvalue weighted by molar-refractivity contribution is 7.87. The number of hydrogen-bond donors (Lipinski definition) is 1. The monoisotopic (exact) mass is 684 g/mol. The highest BCUT2D eigenvalue weighted by atomic mass is 32.2. The maximum atomic E-state index is 14.4. The molecule has 48 heavy (non-hydrogen) atoms. The van der Waals surface area contributed by atoms with Crippen molar-refractivity contribution >= 4 is 31.8 Å². The fraction of sp³-hybridized carbons (Fsp3) is 0.139. The predicted octanol–water partition coefficient (Wildman–Crippen LogP) is 6.16. The number of nitrogens with zero attached hydrogens (tertiary/aromatic N) is 1.